The number of piperazine rings is 1. The number of alkyl halides is 1. The molecule has 2 rings (SSSR count). The monoisotopic (exact) mass is 267 g/mol. The Hall–Kier alpha value is -1.10. The fraction of sp³-hybridized carbons (Fsp3) is 0.462. The lowest BCUT2D eigenvalue weighted by molar-refractivity contribution is -0.124. The van der Waals surface area contributed by atoms with Crippen LogP contribution >= 0.6 is 11.6 Å². The van der Waals surface area contributed by atoms with E-state index in [0.717, 1.165) is 31.7 Å². The van der Waals surface area contributed by atoms with Gasteiger partial charge in [-0.05, 0) is 5.56 Å². The third-order valence-electron chi connectivity index (χ3n) is 3.00. The minimum absolute atomic E-state index is 0.123. The van der Waals surface area contributed by atoms with E-state index in [2.05, 4.69) is 10.6 Å². The number of benzene rings is 1. The molecule has 1 unspecified atom stereocenters. The molecule has 0 aromatic heterocycles. The van der Waals surface area contributed by atoms with Crippen molar-refractivity contribution < 1.29 is 4.79 Å². The number of carbonyl (C=O) groups is 1. The van der Waals surface area contributed by atoms with Crippen LogP contribution in [0.15, 0.2) is 30.3 Å². The van der Waals surface area contributed by atoms with Gasteiger partial charge in [0.1, 0.15) is 0 Å². The summed E-state index contributed by atoms with van der Waals surface area (Å²) in [5.74, 6) is -0.123. The molecule has 4 nitrogen and oxygen atoms in total. The van der Waals surface area contributed by atoms with Crippen molar-refractivity contribution in [2.45, 2.75) is 12.0 Å². The Balaban J connectivity index is 1.80. The average Bonchev–Trinajstić information content (AvgIpc) is 2.46. The zero-order valence-electron chi connectivity index (χ0n) is 10.2. The summed E-state index contributed by atoms with van der Waals surface area (Å²) in [5, 5.41) is 6.10. The Kier molecular flexibility index (Phi) is 4.99. The van der Waals surface area contributed by atoms with Crippen molar-refractivity contribution in [3.63, 3.8) is 0 Å². The van der Waals surface area contributed by atoms with Gasteiger partial charge in [0.05, 0.1) is 0 Å². The number of nitrogens with zero attached hydrogens (tertiary/aromatic N) is 1. The summed E-state index contributed by atoms with van der Waals surface area (Å²) in [6.07, 6.45) is 0. The molecule has 5 heteroatoms. The largest absolute Gasteiger partial charge is 0.350 e. The third kappa shape index (κ3) is 3.70. The molecule has 1 aliphatic heterocycles. The van der Waals surface area contributed by atoms with Gasteiger partial charge in [-0.15, -0.1) is 0 Å². The molecule has 1 fully saturated rings. The van der Waals surface area contributed by atoms with Crippen molar-refractivity contribution in [1.82, 2.24) is 15.5 Å². The lowest BCUT2D eigenvalue weighted by atomic mass is 10.2. The Morgan fingerprint density at radius 3 is 2.67 bits per heavy atom. The normalized spacial score (nSPS) is 18.3. The van der Waals surface area contributed by atoms with Crippen LogP contribution in [0.3, 0.4) is 0 Å². The second kappa shape index (κ2) is 6.73. The molecular weight excluding hydrogens is 250 g/mol. The van der Waals surface area contributed by atoms with Gasteiger partial charge < -0.3 is 10.6 Å². The number of halogens is 1. The van der Waals surface area contributed by atoms with Crippen molar-refractivity contribution in [1.29, 1.82) is 0 Å². The lowest BCUT2D eigenvalue weighted by Gasteiger charge is -2.30. The summed E-state index contributed by atoms with van der Waals surface area (Å²) in [6, 6.07) is 9.82. The van der Waals surface area contributed by atoms with Crippen LogP contribution in [0.25, 0.3) is 0 Å². The SMILES string of the molecule is O=C(NCc1ccccc1)C(Cl)N1CCNCC1. The van der Waals surface area contributed by atoms with Crippen LogP contribution in [0.1, 0.15) is 5.56 Å². The second-order valence-corrected chi connectivity index (χ2v) is 4.74. The molecule has 98 valence electrons. The molecule has 1 saturated heterocycles. The minimum Gasteiger partial charge on any atom is -0.350 e. The van der Waals surface area contributed by atoms with E-state index in [4.69, 9.17) is 11.6 Å². The van der Waals surface area contributed by atoms with E-state index in [-0.39, 0.29) is 5.91 Å². The van der Waals surface area contributed by atoms with Crippen LogP contribution in [0, 0.1) is 0 Å². The molecule has 0 aliphatic carbocycles. The van der Waals surface area contributed by atoms with E-state index >= 15 is 0 Å². The molecule has 18 heavy (non-hydrogen) atoms. The molecule has 1 aromatic rings. The first-order valence-electron chi connectivity index (χ1n) is 6.18. The van der Waals surface area contributed by atoms with Crippen LogP contribution in [-0.4, -0.2) is 42.5 Å². The summed E-state index contributed by atoms with van der Waals surface area (Å²) >= 11 is 6.16. The zero-order valence-corrected chi connectivity index (χ0v) is 11.0. The van der Waals surface area contributed by atoms with Gasteiger partial charge in [-0.2, -0.15) is 0 Å². The smallest absolute Gasteiger partial charge is 0.253 e. The quantitative estimate of drug-likeness (QED) is 0.626. The van der Waals surface area contributed by atoms with E-state index in [1.807, 2.05) is 35.2 Å². The van der Waals surface area contributed by atoms with Gasteiger partial charge in [0.2, 0.25) is 0 Å². The first-order chi connectivity index (χ1) is 8.77. The molecule has 1 aromatic carbocycles. The summed E-state index contributed by atoms with van der Waals surface area (Å²) in [4.78, 5) is 13.9. The second-order valence-electron chi connectivity index (χ2n) is 4.33. The maximum absolute atomic E-state index is 11.9. The number of nitrogens with one attached hydrogen (secondary N) is 2. The van der Waals surface area contributed by atoms with Crippen molar-refractivity contribution in [3.05, 3.63) is 35.9 Å². The number of rotatable bonds is 4. The summed E-state index contributed by atoms with van der Waals surface area (Å²) in [6.45, 7) is 3.92. The van der Waals surface area contributed by atoms with Crippen LogP contribution in [-0.2, 0) is 11.3 Å². The Morgan fingerprint density at radius 2 is 2.00 bits per heavy atom. The van der Waals surface area contributed by atoms with Crippen LogP contribution < -0.4 is 10.6 Å². The summed E-state index contributed by atoms with van der Waals surface area (Å²) in [5.41, 5.74) is 0.505. The van der Waals surface area contributed by atoms with E-state index < -0.39 is 5.50 Å². The molecular formula is C13H18ClN3O. The Labute approximate surface area is 112 Å². The summed E-state index contributed by atoms with van der Waals surface area (Å²) in [7, 11) is 0. The van der Waals surface area contributed by atoms with Crippen LogP contribution in [0.2, 0.25) is 0 Å². The Morgan fingerprint density at radius 1 is 1.33 bits per heavy atom. The molecule has 1 heterocycles. The number of carbonyl (C=O) groups excluding carboxylic acids is 1. The standard InChI is InChI=1S/C13H18ClN3O/c14-12(17-8-6-15-7-9-17)13(18)16-10-11-4-2-1-3-5-11/h1-5,12,15H,6-10H2,(H,16,18). The lowest BCUT2D eigenvalue weighted by Crippen LogP contribution is -2.51. The maximum Gasteiger partial charge on any atom is 0.253 e. The predicted octanol–water partition coefficient (Wildman–Crippen LogP) is 0.773. The van der Waals surface area contributed by atoms with E-state index in [1.54, 1.807) is 0 Å². The van der Waals surface area contributed by atoms with Crippen molar-refractivity contribution in [2.75, 3.05) is 26.2 Å². The van der Waals surface area contributed by atoms with Gasteiger partial charge >= 0.3 is 0 Å². The first-order valence-corrected chi connectivity index (χ1v) is 6.61. The highest BCUT2D eigenvalue weighted by Gasteiger charge is 2.24. The number of hydrogen-bond donors (Lipinski definition) is 2. The molecule has 1 aliphatic rings. The Bertz CT molecular complexity index is 379. The van der Waals surface area contributed by atoms with E-state index in [9.17, 15) is 4.79 Å². The van der Waals surface area contributed by atoms with E-state index in [1.165, 1.54) is 0 Å². The van der Waals surface area contributed by atoms with Gasteiger partial charge in [0, 0.05) is 32.7 Å². The minimum atomic E-state index is -0.573. The van der Waals surface area contributed by atoms with Gasteiger partial charge in [-0.25, -0.2) is 0 Å². The fourth-order valence-corrected chi connectivity index (χ4v) is 2.22. The van der Waals surface area contributed by atoms with Crippen LogP contribution in [0.5, 0.6) is 0 Å². The van der Waals surface area contributed by atoms with Crippen molar-refractivity contribution in [3.8, 4) is 0 Å². The molecule has 0 radical (unpaired) electrons. The molecule has 0 spiro atoms. The molecule has 1 amide bonds. The number of hydrogen-bond acceptors (Lipinski definition) is 3. The number of amides is 1. The van der Waals surface area contributed by atoms with E-state index in [0.29, 0.717) is 6.54 Å². The van der Waals surface area contributed by atoms with Gasteiger partial charge in [0.15, 0.2) is 5.50 Å². The van der Waals surface area contributed by atoms with Crippen molar-refractivity contribution >= 4 is 17.5 Å². The predicted molar refractivity (Wildman–Crippen MR) is 72.4 cm³/mol. The maximum atomic E-state index is 11.9. The molecule has 0 saturated carbocycles. The van der Waals surface area contributed by atoms with Gasteiger partial charge in [0.25, 0.3) is 5.91 Å². The highest BCUT2D eigenvalue weighted by atomic mass is 35.5. The third-order valence-corrected chi connectivity index (χ3v) is 3.47. The first kappa shape index (κ1) is 13.3. The molecule has 1 atom stereocenters. The zero-order chi connectivity index (χ0) is 12.8. The topological polar surface area (TPSA) is 44.4 Å². The van der Waals surface area contributed by atoms with Gasteiger partial charge in [-0.1, -0.05) is 41.9 Å². The van der Waals surface area contributed by atoms with Crippen LogP contribution in [0.4, 0.5) is 0 Å². The molecule has 0 bridgehead atoms. The average molecular weight is 268 g/mol. The van der Waals surface area contributed by atoms with Crippen molar-refractivity contribution in [2.24, 2.45) is 0 Å². The summed E-state index contributed by atoms with van der Waals surface area (Å²) < 4.78 is 0. The highest BCUT2D eigenvalue weighted by Crippen LogP contribution is 2.07. The molecule has 2 N–H and O–H groups in total. The fourth-order valence-electron chi connectivity index (χ4n) is 1.94. The van der Waals surface area contributed by atoms with Gasteiger partial charge in [-0.3, -0.25) is 9.69 Å². The highest BCUT2D eigenvalue weighted by molar-refractivity contribution is 6.30.